The Morgan fingerprint density at radius 3 is 2.13 bits per heavy atom. The largest absolute Gasteiger partial charge is 0.492 e. The fourth-order valence-electron chi connectivity index (χ4n) is 5.73. The molecule has 248 valence electrons. The van der Waals surface area contributed by atoms with Crippen molar-refractivity contribution in [3.63, 3.8) is 0 Å². The molecule has 0 saturated carbocycles. The highest BCUT2D eigenvalue weighted by molar-refractivity contribution is 7.98. The van der Waals surface area contributed by atoms with Crippen LogP contribution in [0.1, 0.15) is 51.3 Å². The lowest BCUT2D eigenvalue weighted by atomic mass is 9.95. The minimum Gasteiger partial charge on any atom is -0.492 e. The number of hydrogen-bond acceptors (Lipinski definition) is 13. The maximum Gasteiger partial charge on any atom is 0.303 e. The van der Waals surface area contributed by atoms with E-state index < -0.39 is 48.6 Å². The highest BCUT2D eigenvalue weighted by Crippen LogP contribution is 2.51. The Labute approximate surface area is 270 Å². The summed E-state index contributed by atoms with van der Waals surface area (Å²) in [5.74, 6) is -1.70. The molecule has 0 aromatic heterocycles. The van der Waals surface area contributed by atoms with Crippen molar-refractivity contribution in [3.8, 4) is 28.4 Å². The van der Waals surface area contributed by atoms with Crippen LogP contribution in [0.4, 0.5) is 0 Å². The summed E-state index contributed by atoms with van der Waals surface area (Å²) in [6.07, 6.45) is -2.29. The molecule has 14 heteroatoms. The van der Waals surface area contributed by atoms with Crippen molar-refractivity contribution >= 4 is 35.6 Å². The second-order valence-electron chi connectivity index (χ2n) is 10.7. The Balaban J connectivity index is 1.87. The number of carbonyl (C=O) groups is 4. The Kier molecular flexibility index (Phi) is 11.2. The number of amides is 1. The van der Waals surface area contributed by atoms with E-state index in [1.807, 2.05) is 12.3 Å². The van der Waals surface area contributed by atoms with E-state index in [-0.39, 0.29) is 29.4 Å². The summed E-state index contributed by atoms with van der Waals surface area (Å²) in [5.41, 5.74) is 2.50. The average molecular weight is 660 g/mol. The zero-order chi connectivity index (χ0) is 33.7. The predicted molar refractivity (Wildman–Crippen MR) is 165 cm³/mol. The number of rotatable bonds is 9. The molecule has 0 unspecified atom stereocenters. The quantitative estimate of drug-likeness (QED) is 0.238. The van der Waals surface area contributed by atoms with E-state index in [4.69, 9.17) is 33.2 Å². The smallest absolute Gasteiger partial charge is 0.303 e. The molecule has 1 heterocycles. The lowest BCUT2D eigenvalue weighted by Crippen LogP contribution is -2.59. The third-order valence-electron chi connectivity index (χ3n) is 7.43. The summed E-state index contributed by atoms with van der Waals surface area (Å²) in [6, 6.07) is 6.35. The van der Waals surface area contributed by atoms with E-state index in [1.54, 1.807) is 18.2 Å². The van der Waals surface area contributed by atoms with Crippen LogP contribution in [0.5, 0.6) is 17.2 Å². The third kappa shape index (κ3) is 7.56. The van der Waals surface area contributed by atoms with Gasteiger partial charge in [-0.1, -0.05) is 6.07 Å². The number of thioether (sulfide) groups is 1. The van der Waals surface area contributed by atoms with Gasteiger partial charge in [-0.15, -0.1) is 11.8 Å². The van der Waals surface area contributed by atoms with E-state index in [0.717, 1.165) is 5.56 Å². The second-order valence-corrected chi connectivity index (χ2v) is 11.5. The van der Waals surface area contributed by atoms with Crippen LogP contribution in [0.15, 0.2) is 34.0 Å². The maximum atomic E-state index is 13.1. The normalized spacial score (nSPS) is 21.8. The van der Waals surface area contributed by atoms with Crippen molar-refractivity contribution in [2.24, 2.45) is 0 Å². The van der Waals surface area contributed by atoms with Crippen molar-refractivity contribution in [1.82, 2.24) is 5.32 Å². The predicted octanol–water partition coefficient (Wildman–Crippen LogP) is 3.11. The minimum atomic E-state index is -1.33. The van der Waals surface area contributed by atoms with Crippen LogP contribution in [0.3, 0.4) is 0 Å². The number of nitrogens with one attached hydrogen (secondary N) is 1. The molecule has 1 amide bonds. The van der Waals surface area contributed by atoms with E-state index >= 15 is 0 Å². The molecular formula is C32H37NO12S. The zero-order valence-corrected chi connectivity index (χ0v) is 27.4. The number of methoxy groups -OCH3 is 2. The van der Waals surface area contributed by atoms with Gasteiger partial charge < -0.3 is 38.5 Å². The van der Waals surface area contributed by atoms with Gasteiger partial charge >= 0.3 is 17.9 Å². The summed E-state index contributed by atoms with van der Waals surface area (Å²) in [5, 5.41) is 2.97. The molecule has 0 bridgehead atoms. The molecule has 2 aliphatic rings. The highest BCUT2D eigenvalue weighted by Gasteiger charge is 2.48. The fourth-order valence-corrected chi connectivity index (χ4v) is 6.20. The van der Waals surface area contributed by atoms with Crippen LogP contribution in [0.2, 0.25) is 0 Å². The maximum absolute atomic E-state index is 13.1. The van der Waals surface area contributed by atoms with Gasteiger partial charge in [0.15, 0.2) is 29.1 Å². The van der Waals surface area contributed by atoms with Gasteiger partial charge in [-0.05, 0) is 54.0 Å². The molecule has 5 atom stereocenters. The summed E-state index contributed by atoms with van der Waals surface area (Å²) in [7, 11) is 2.89. The van der Waals surface area contributed by atoms with E-state index in [1.165, 1.54) is 53.7 Å². The Hall–Kier alpha value is -4.30. The second kappa shape index (κ2) is 14.9. The molecule has 2 aromatic rings. The van der Waals surface area contributed by atoms with Crippen LogP contribution < -0.4 is 25.0 Å². The Morgan fingerprint density at radius 1 is 0.891 bits per heavy atom. The number of fused-ring (bicyclic) bond motifs is 3. The number of aryl methyl sites for hydroxylation is 1. The first-order chi connectivity index (χ1) is 21.9. The van der Waals surface area contributed by atoms with Gasteiger partial charge in [0.05, 0.1) is 31.8 Å². The summed E-state index contributed by atoms with van der Waals surface area (Å²) in [4.78, 5) is 61.8. The van der Waals surface area contributed by atoms with E-state index in [9.17, 15) is 24.0 Å². The lowest BCUT2D eigenvalue weighted by molar-refractivity contribution is -0.260. The third-order valence-corrected chi connectivity index (χ3v) is 8.20. The van der Waals surface area contributed by atoms with Gasteiger partial charge in [0.1, 0.15) is 0 Å². The van der Waals surface area contributed by atoms with Crippen molar-refractivity contribution < 1.29 is 52.3 Å². The molecule has 46 heavy (non-hydrogen) atoms. The molecule has 1 N–H and O–H groups in total. The van der Waals surface area contributed by atoms with Crippen LogP contribution in [0.25, 0.3) is 11.1 Å². The SMILES string of the molecule is COc1c(O[C@H]2OC[C@@H](OC(C)=O)[C@H](OC(C)=O)[C@@H]2OC(C)=O)cc2c(c1OC)-c1ccc(SC)c(=O)cc1[C@@H](NC(C)=O)CC2. The van der Waals surface area contributed by atoms with Gasteiger partial charge in [0, 0.05) is 33.3 Å². The molecule has 1 aliphatic carbocycles. The Bertz CT molecular complexity index is 1580. The van der Waals surface area contributed by atoms with E-state index in [0.29, 0.717) is 40.2 Å². The number of benzene rings is 1. The van der Waals surface area contributed by atoms with Gasteiger partial charge in [0.25, 0.3) is 0 Å². The highest BCUT2D eigenvalue weighted by atomic mass is 32.2. The number of hydrogen-bond donors (Lipinski definition) is 1. The number of ether oxygens (including phenoxy) is 7. The summed E-state index contributed by atoms with van der Waals surface area (Å²) < 4.78 is 40.1. The summed E-state index contributed by atoms with van der Waals surface area (Å²) >= 11 is 1.32. The molecule has 0 radical (unpaired) electrons. The first kappa shape index (κ1) is 34.6. The topological polar surface area (TPSA) is 162 Å². The van der Waals surface area contributed by atoms with Crippen molar-refractivity contribution in [3.05, 3.63) is 45.6 Å². The monoisotopic (exact) mass is 659 g/mol. The van der Waals surface area contributed by atoms with Crippen molar-refractivity contribution in [2.75, 3.05) is 27.1 Å². The van der Waals surface area contributed by atoms with Crippen molar-refractivity contribution in [1.29, 1.82) is 0 Å². The molecular weight excluding hydrogens is 622 g/mol. The standard InChI is InChI=1S/C32H37NO12S/c1-15(34)33-22-10-8-19-12-24(28(39-5)30(40-6)27(19)20-9-11-26(46-7)23(38)13-21(20)22)45-32-31(44-18(4)37)29(43-17(3)36)25(14-41-32)42-16(2)35/h9,11-13,22,25,29,31-32H,8,10,14H2,1-7H3,(H,33,34)/t22-,25+,29-,31-,32+/m0/s1. The molecule has 2 aromatic carbocycles. The fraction of sp³-hybridized carbons (Fsp3) is 0.469. The van der Waals surface area contributed by atoms with Crippen molar-refractivity contribution in [2.45, 2.75) is 76.1 Å². The van der Waals surface area contributed by atoms with Gasteiger partial charge in [0.2, 0.25) is 24.1 Å². The van der Waals surface area contributed by atoms with Crippen LogP contribution in [-0.4, -0.2) is 75.5 Å². The molecule has 1 aliphatic heterocycles. The van der Waals surface area contributed by atoms with Gasteiger partial charge in [-0.2, -0.15) is 0 Å². The molecule has 0 spiro atoms. The summed E-state index contributed by atoms with van der Waals surface area (Å²) in [6.45, 7) is 4.71. The first-order valence-electron chi connectivity index (χ1n) is 14.5. The first-order valence-corrected chi connectivity index (χ1v) is 15.7. The average Bonchev–Trinajstić information content (AvgIpc) is 3.22. The van der Waals surface area contributed by atoms with Crippen LogP contribution in [-0.2, 0) is 44.5 Å². The zero-order valence-electron chi connectivity index (χ0n) is 26.6. The number of carbonyl (C=O) groups excluding carboxylic acids is 4. The van der Waals surface area contributed by atoms with E-state index in [2.05, 4.69) is 5.32 Å². The van der Waals surface area contributed by atoms with Crippen LogP contribution in [0, 0.1) is 0 Å². The number of esters is 3. The minimum absolute atomic E-state index is 0.155. The van der Waals surface area contributed by atoms with Gasteiger partial charge in [-0.25, -0.2) is 0 Å². The molecule has 1 fully saturated rings. The van der Waals surface area contributed by atoms with Crippen LogP contribution >= 0.6 is 11.8 Å². The molecule has 4 rings (SSSR count). The van der Waals surface area contributed by atoms with Gasteiger partial charge in [-0.3, -0.25) is 24.0 Å². The lowest BCUT2D eigenvalue weighted by Gasteiger charge is -2.40. The molecule has 13 nitrogen and oxygen atoms in total. The molecule has 1 saturated heterocycles. The Morgan fingerprint density at radius 2 is 1.54 bits per heavy atom.